The lowest BCUT2D eigenvalue weighted by Crippen LogP contribution is -2.15. The van der Waals surface area contributed by atoms with Crippen LogP contribution in [0.3, 0.4) is 0 Å². The molecule has 0 unspecified atom stereocenters. The lowest BCUT2D eigenvalue weighted by atomic mass is 10.1. The molecule has 2 N–H and O–H groups in total. The third-order valence-electron chi connectivity index (χ3n) is 4.15. The lowest BCUT2D eigenvalue weighted by Gasteiger charge is -2.10. The molecule has 0 aromatic heterocycles. The predicted molar refractivity (Wildman–Crippen MR) is 105 cm³/mol. The molecular formula is C22H19FN2O2. The zero-order chi connectivity index (χ0) is 19.4. The second kappa shape index (κ2) is 7.83. The molecule has 136 valence electrons. The summed E-state index contributed by atoms with van der Waals surface area (Å²) in [6, 6.07) is 17.7. The topological polar surface area (TPSA) is 58.2 Å². The molecule has 0 spiro atoms. The minimum absolute atomic E-state index is 0.241. The van der Waals surface area contributed by atoms with Gasteiger partial charge in [-0.05, 0) is 79.6 Å². The largest absolute Gasteiger partial charge is 0.322 e. The smallest absolute Gasteiger partial charge is 0.255 e. The number of hydrogen-bond donors (Lipinski definition) is 2. The van der Waals surface area contributed by atoms with Gasteiger partial charge in [0, 0.05) is 22.5 Å². The van der Waals surface area contributed by atoms with Crippen LogP contribution in [0.25, 0.3) is 0 Å². The number of hydrogen-bond acceptors (Lipinski definition) is 2. The molecule has 0 atom stereocenters. The monoisotopic (exact) mass is 362 g/mol. The van der Waals surface area contributed by atoms with E-state index in [1.807, 2.05) is 32.0 Å². The molecule has 0 aliphatic heterocycles. The Morgan fingerprint density at radius 1 is 0.741 bits per heavy atom. The van der Waals surface area contributed by atoms with E-state index in [1.165, 1.54) is 24.3 Å². The molecule has 4 nitrogen and oxygen atoms in total. The van der Waals surface area contributed by atoms with Crippen LogP contribution in [0.15, 0.2) is 66.7 Å². The molecular weight excluding hydrogens is 343 g/mol. The van der Waals surface area contributed by atoms with Gasteiger partial charge in [-0.3, -0.25) is 9.59 Å². The zero-order valence-electron chi connectivity index (χ0n) is 15.0. The van der Waals surface area contributed by atoms with E-state index >= 15 is 0 Å². The van der Waals surface area contributed by atoms with Gasteiger partial charge in [0.05, 0.1) is 0 Å². The number of amides is 2. The van der Waals surface area contributed by atoms with Crippen molar-refractivity contribution in [2.75, 3.05) is 10.6 Å². The van der Waals surface area contributed by atoms with Gasteiger partial charge in [-0.2, -0.15) is 0 Å². The minimum Gasteiger partial charge on any atom is -0.322 e. The van der Waals surface area contributed by atoms with Crippen LogP contribution in [0.1, 0.15) is 31.8 Å². The van der Waals surface area contributed by atoms with Crippen molar-refractivity contribution in [3.05, 3.63) is 94.8 Å². The van der Waals surface area contributed by atoms with Crippen LogP contribution < -0.4 is 10.6 Å². The summed E-state index contributed by atoms with van der Waals surface area (Å²) in [4.78, 5) is 24.7. The Bertz CT molecular complexity index is 980. The number of halogens is 1. The minimum atomic E-state index is -0.368. The first-order valence-corrected chi connectivity index (χ1v) is 8.48. The Balaban J connectivity index is 1.68. The highest BCUT2D eigenvalue weighted by Crippen LogP contribution is 2.18. The molecule has 0 heterocycles. The van der Waals surface area contributed by atoms with E-state index in [0.29, 0.717) is 16.8 Å². The van der Waals surface area contributed by atoms with Crippen LogP contribution in [-0.4, -0.2) is 11.8 Å². The van der Waals surface area contributed by atoms with Gasteiger partial charge in [0.25, 0.3) is 11.8 Å². The van der Waals surface area contributed by atoms with E-state index in [0.717, 1.165) is 16.8 Å². The quantitative estimate of drug-likeness (QED) is 0.690. The molecule has 0 aliphatic carbocycles. The molecule has 27 heavy (non-hydrogen) atoms. The third-order valence-corrected chi connectivity index (χ3v) is 4.15. The van der Waals surface area contributed by atoms with E-state index in [4.69, 9.17) is 0 Å². The van der Waals surface area contributed by atoms with E-state index in [9.17, 15) is 14.0 Å². The standard InChI is InChI=1S/C22H19FN2O2/c1-14-3-4-15(2)20(13-14)25-22(27)17-7-5-16(6-8-17)21(26)24-19-11-9-18(23)10-12-19/h3-13H,1-2H3,(H,24,26)(H,25,27). The van der Waals surface area contributed by atoms with Crippen molar-refractivity contribution in [2.45, 2.75) is 13.8 Å². The molecule has 0 radical (unpaired) electrons. The molecule has 0 saturated heterocycles. The van der Waals surface area contributed by atoms with E-state index in [1.54, 1.807) is 24.3 Å². The number of anilines is 2. The number of benzene rings is 3. The van der Waals surface area contributed by atoms with Crippen molar-refractivity contribution < 1.29 is 14.0 Å². The molecule has 3 rings (SSSR count). The summed E-state index contributed by atoms with van der Waals surface area (Å²) in [6.07, 6.45) is 0. The molecule has 5 heteroatoms. The van der Waals surface area contributed by atoms with Crippen molar-refractivity contribution in [2.24, 2.45) is 0 Å². The maximum absolute atomic E-state index is 12.9. The van der Waals surface area contributed by atoms with Crippen molar-refractivity contribution >= 4 is 23.2 Å². The summed E-state index contributed by atoms with van der Waals surface area (Å²) in [7, 11) is 0. The van der Waals surface area contributed by atoms with Gasteiger partial charge in [-0.25, -0.2) is 4.39 Å². The van der Waals surface area contributed by atoms with Gasteiger partial charge < -0.3 is 10.6 Å². The summed E-state index contributed by atoms with van der Waals surface area (Å²) < 4.78 is 12.9. The van der Waals surface area contributed by atoms with Crippen LogP contribution in [0, 0.1) is 19.7 Å². The molecule has 3 aromatic rings. The van der Waals surface area contributed by atoms with Crippen molar-refractivity contribution in [1.82, 2.24) is 0 Å². The maximum Gasteiger partial charge on any atom is 0.255 e. The highest BCUT2D eigenvalue weighted by molar-refractivity contribution is 6.07. The summed E-state index contributed by atoms with van der Waals surface area (Å²) in [5.74, 6) is -0.940. The fourth-order valence-corrected chi connectivity index (χ4v) is 2.57. The first-order chi connectivity index (χ1) is 12.9. The third kappa shape index (κ3) is 4.58. The molecule has 2 amide bonds. The Morgan fingerprint density at radius 3 is 1.89 bits per heavy atom. The van der Waals surface area contributed by atoms with Crippen molar-refractivity contribution in [3.8, 4) is 0 Å². The fourth-order valence-electron chi connectivity index (χ4n) is 2.57. The van der Waals surface area contributed by atoms with Crippen LogP contribution in [-0.2, 0) is 0 Å². The Hall–Kier alpha value is -3.47. The number of carbonyl (C=O) groups excluding carboxylic acids is 2. The average Bonchev–Trinajstić information content (AvgIpc) is 2.66. The van der Waals surface area contributed by atoms with Gasteiger partial charge in [-0.1, -0.05) is 12.1 Å². The summed E-state index contributed by atoms with van der Waals surface area (Å²) in [6.45, 7) is 3.89. The second-order valence-corrected chi connectivity index (χ2v) is 6.31. The van der Waals surface area contributed by atoms with Gasteiger partial charge in [0.1, 0.15) is 5.82 Å². The SMILES string of the molecule is Cc1ccc(C)c(NC(=O)c2ccc(C(=O)Nc3ccc(F)cc3)cc2)c1. The molecule has 0 saturated carbocycles. The van der Waals surface area contributed by atoms with Crippen molar-refractivity contribution in [3.63, 3.8) is 0 Å². The van der Waals surface area contributed by atoms with E-state index in [2.05, 4.69) is 10.6 Å². The molecule has 3 aromatic carbocycles. The second-order valence-electron chi connectivity index (χ2n) is 6.31. The zero-order valence-corrected chi connectivity index (χ0v) is 15.0. The Morgan fingerprint density at radius 2 is 1.30 bits per heavy atom. The summed E-state index contributed by atoms with van der Waals surface area (Å²) >= 11 is 0. The van der Waals surface area contributed by atoms with E-state index < -0.39 is 0 Å². The predicted octanol–water partition coefficient (Wildman–Crippen LogP) is 4.95. The van der Waals surface area contributed by atoms with Gasteiger partial charge in [-0.15, -0.1) is 0 Å². The van der Waals surface area contributed by atoms with Crippen molar-refractivity contribution in [1.29, 1.82) is 0 Å². The van der Waals surface area contributed by atoms with Crippen LogP contribution >= 0.6 is 0 Å². The summed E-state index contributed by atoms with van der Waals surface area (Å²) in [5, 5.41) is 5.57. The maximum atomic E-state index is 12.9. The normalized spacial score (nSPS) is 10.3. The highest BCUT2D eigenvalue weighted by Gasteiger charge is 2.11. The molecule has 0 fully saturated rings. The molecule has 0 bridgehead atoms. The fraction of sp³-hybridized carbons (Fsp3) is 0.0909. The number of rotatable bonds is 4. The van der Waals surface area contributed by atoms with Gasteiger partial charge in [0.15, 0.2) is 0 Å². The Kier molecular flexibility index (Phi) is 5.31. The number of nitrogens with one attached hydrogen (secondary N) is 2. The summed E-state index contributed by atoms with van der Waals surface area (Å²) in [5.41, 5.74) is 4.15. The number of carbonyl (C=O) groups is 2. The van der Waals surface area contributed by atoms with Crippen LogP contribution in [0.5, 0.6) is 0 Å². The van der Waals surface area contributed by atoms with Gasteiger partial charge in [0.2, 0.25) is 0 Å². The van der Waals surface area contributed by atoms with Crippen LogP contribution in [0.4, 0.5) is 15.8 Å². The van der Waals surface area contributed by atoms with Gasteiger partial charge >= 0.3 is 0 Å². The van der Waals surface area contributed by atoms with Crippen LogP contribution in [0.2, 0.25) is 0 Å². The number of aryl methyl sites for hydroxylation is 2. The lowest BCUT2D eigenvalue weighted by molar-refractivity contribution is 0.101. The average molecular weight is 362 g/mol. The van der Waals surface area contributed by atoms with E-state index in [-0.39, 0.29) is 17.6 Å². The Labute approximate surface area is 157 Å². The highest BCUT2D eigenvalue weighted by atomic mass is 19.1. The molecule has 0 aliphatic rings. The first kappa shape index (κ1) is 18.3. The first-order valence-electron chi connectivity index (χ1n) is 8.48.